The molecule has 0 aliphatic heterocycles. The lowest BCUT2D eigenvalue weighted by Gasteiger charge is -2.60. The van der Waals surface area contributed by atoms with E-state index >= 15 is 0 Å². The lowest BCUT2D eigenvalue weighted by atomic mass is 9.46. The van der Waals surface area contributed by atoms with Gasteiger partial charge in [0.2, 0.25) is 0 Å². The van der Waals surface area contributed by atoms with Crippen LogP contribution in [0.1, 0.15) is 117 Å². The van der Waals surface area contributed by atoms with E-state index < -0.39 is 15.7 Å². The van der Waals surface area contributed by atoms with Crippen LogP contribution in [0.5, 0.6) is 0 Å². The fourth-order valence-electron chi connectivity index (χ4n) is 10.3. The molecule has 4 saturated carbocycles. The van der Waals surface area contributed by atoms with Gasteiger partial charge in [0, 0.05) is 0 Å². The summed E-state index contributed by atoms with van der Waals surface area (Å²) in [6.07, 6.45) is 15.8. The molecular weight excluding hydrogens is 488 g/mol. The second-order valence-corrected chi connectivity index (χ2v) is 16.1. The van der Waals surface area contributed by atoms with Crippen molar-refractivity contribution in [3.05, 3.63) is 29.8 Å². The topological polar surface area (TPSA) is 43.4 Å². The summed E-state index contributed by atoms with van der Waals surface area (Å²) >= 11 is 0. The summed E-state index contributed by atoms with van der Waals surface area (Å²) in [7, 11) is -3.77. The fourth-order valence-corrected chi connectivity index (χ4v) is 11.6. The summed E-state index contributed by atoms with van der Waals surface area (Å²) in [5.74, 6) is 5.99. The van der Waals surface area contributed by atoms with E-state index in [9.17, 15) is 8.42 Å². The van der Waals surface area contributed by atoms with Crippen molar-refractivity contribution < 1.29 is 12.6 Å². The zero-order chi connectivity index (χ0) is 27.3. The highest BCUT2D eigenvalue weighted by Gasteiger charge is 2.60. The van der Waals surface area contributed by atoms with E-state index in [4.69, 9.17) is 4.18 Å². The summed E-state index contributed by atoms with van der Waals surface area (Å²) in [6.45, 7) is 13.9. The molecule has 4 aliphatic carbocycles. The third kappa shape index (κ3) is 5.04. The molecule has 0 bridgehead atoms. The third-order valence-corrected chi connectivity index (χ3v) is 14.1. The maximum absolute atomic E-state index is 13.3. The van der Waals surface area contributed by atoms with Gasteiger partial charge in [-0.1, -0.05) is 71.1 Å². The van der Waals surface area contributed by atoms with Crippen molar-refractivity contribution in [1.29, 1.82) is 0 Å². The van der Waals surface area contributed by atoms with E-state index in [0.29, 0.717) is 11.3 Å². The van der Waals surface area contributed by atoms with Crippen LogP contribution in [0.2, 0.25) is 0 Å². The molecule has 1 aromatic carbocycles. The molecule has 0 N–H and O–H groups in total. The van der Waals surface area contributed by atoms with Gasteiger partial charge in [0.25, 0.3) is 10.1 Å². The van der Waals surface area contributed by atoms with Crippen LogP contribution >= 0.6 is 0 Å². The van der Waals surface area contributed by atoms with Crippen molar-refractivity contribution in [1.82, 2.24) is 0 Å². The van der Waals surface area contributed by atoms with Gasteiger partial charge in [-0.3, -0.25) is 4.18 Å². The van der Waals surface area contributed by atoms with Crippen LogP contribution in [0.3, 0.4) is 0 Å². The van der Waals surface area contributed by atoms with Gasteiger partial charge in [-0.05, 0) is 130 Å². The predicted molar refractivity (Wildman–Crippen MR) is 156 cm³/mol. The van der Waals surface area contributed by atoms with Gasteiger partial charge in [-0.25, -0.2) is 0 Å². The lowest BCUT2D eigenvalue weighted by molar-refractivity contribution is -0.128. The molecule has 1 aromatic rings. The Hall–Kier alpha value is -0.870. The van der Waals surface area contributed by atoms with Gasteiger partial charge >= 0.3 is 0 Å². The largest absolute Gasteiger partial charge is 0.297 e. The Bertz CT molecular complexity index is 1060. The summed E-state index contributed by atoms with van der Waals surface area (Å²) in [5, 5.41) is 0. The number of fused-ring (bicyclic) bond motifs is 5. The SMILES string of the molecule is CCCCC[C@@H](C)[C@@H]1CC[C@@]2(C)[C@@H]1CC[C@H]1[C@H]3CC[C@](C)(OS(=O)(=O)c4ccc(C)cc4)[C@@H](C)[C@H]3CC[C@@H]12. The second kappa shape index (κ2) is 10.8. The average molecular weight is 543 g/mol. The van der Waals surface area contributed by atoms with E-state index in [0.717, 1.165) is 53.9 Å². The van der Waals surface area contributed by atoms with E-state index in [1.165, 1.54) is 64.2 Å². The first-order valence-corrected chi connectivity index (χ1v) is 17.4. The van der Waals surface area contributed by atoms with Crippen molar-refractivity contribution >= 4 is 10.1 Å². The molecule has 0 heterocycles. The van der Waals surface area contributed by atoms with Gasteiger partial charge in [-0.2, -0.15) is 8.42 Å². The molecule has 5 rings (SSSR count). The number of aryl methyl sites for hydroxylation is 1. The maximum atomic E-state index is 13.3. The zero-order valence-electron chi connectivity index (χ0n) is 25.0. The monoisotopic (exact) mass is 542 g/mol. The van der Waals surface area contributed by atoms with E-state index in [2.05, 4.69) is 34.6 Å². The molecule has 38 heavy (non-hydrogen) atoms. The van der Waals surface area contributed by atoms with Gasteiger partial charge in [0.15, 0.2) is 0 Å². The Balaban J connectivity index is 1.28. The molecule has 0 aromatic heterocycles. The first-order valence-electron chi connectivity index (χ1n) is 16.0. The maximum Gasteiger partial charge on any atom is 0.297 e. The molecule has 0 amide bonds. The summed E-state index contributed by atoms with van der Waals surface area (Å²) in [6, 6.07) is 7.09. The minimum Gasteiger partial charge on any atom is -0.260 e. The molecule has 214 valence electrons. The van der Waals surface area contributed by atoms with Gasteiger partial charge in [0.05, 0.1) is 10.5 Å². The molecule has 0 radical (unpaired) electrons. The van der Waals surface area contributed by atoms with Gasteiger partial charge in [0.1, 0.15) is 0 Å². The van der Waals surface area contributed by atoms with E-state index in [1.54, 1.807) is 12.1 Å². The molecule has 0 unspecified atom stereocenters. The second-order valence-electron chi connectivity index (χ2n) is 14.5. The van der Waals surface area contributed by atoms with E-state index in [-0.39, 0.29) is 10.8 Å². The van der Waals surface area contributed by atoms with Crippen LogP contribution in [0.4, 0.5) is 0 Å². The Morgan fingerprint density at radius 1 is 0.895 bits per heavy atom. The Morgan fingerprint density at radius 2 is 1.58 bits per heavy atom. The van der Waals surface area contributed by atoms with Crippen LogP contribution in [-0.4, -0.2) is 14.0 Å². The molecular formula is C34H54O3S. The van der Waals surface area contributed by atoms with Crippen molar-refractivity contribution in [3.8, 4) is 0 Å². The van der Waals surface area contributed by atoms with Crippen LogP contribution in [-0.2, 0) is 14.3 Å². The summed E-state index contributed by atoms with van der Waals surface area (Å²) in [5.41, 5.74) is 0.960. The highest BCUT2D eigenvalue weighted by atomic mass is 32.2. The van der Waals surface area contributed by atoms with Crippen LogP contribution < -0.4 is 0 Å². The third-order valence-electron chi connectivity index (χ3n) is 12.6. The molecule has 4 aliphatic rings. The number of hydrogen-bond acceptors (Lipinski definition) is 3. The molecule has 10 atom stereocenters. The smallest absolute Gasteiger partial charge is 0.260 e. The molecule has 3 nitrogen and oxygen atoms in total. The Morgan fingerprint density at radius 3 is 2.29 bits per heavy atom. The molecule has 4 heteroatoms. The Labute approximate surface area is 234 Å². The van der Waals surface area contributed by atoms with Gasteiger partial charge in [-0.15, -0.1) is 0 Å². The molecule has 0 spiro atoms. The van der Waals surface area contributed by atoms with Gasteiger partial charge < -0.3 is 0 Å². The average Bonchev–Trinajstić information content (AvgIpc) is 3.24. The normalized spacial score (nSPS) is 41.7. The molecule has 0 saturated heterocycles. The highest BCUT2D eigenvalue weighted by molar-refractivity contribution is 7.86. The highest BCUT2D eigenvalue weighted by Crippen LogP contribution is 2.67. The first-order chi connectivity index (χ1) is 18.0. The number of unbranched alkanes of at least 4 members (excludes halogenated alkanes) is 2. The quantitative estimate of drug-likeness (QED) is 0.243. The zero-order valence-corrected chi connectivity index (χ0v) is 25.9. The minimum atomic E-state index is -3.77. The summed E-state index contributed by atoms with van der Waals surface area (Å²) in [4.78, 5) is 0.285. The minimum absolute atomic E-state index is 0.253. The fraction of sp³-hybridized carbons (Fsp3) is 0.824. The molecule has 4 fully saturated rings. The Kier molecular flexibility index (Phi) is 8.17. The first kappa shape index (κ1) is 28.7. The van der Waals surface area contributed by atoms with E-state index in [1.807, 2.05) is 19.1 Å². The van der Waals surface area contributed by atoms with Crippen molar-refractivity contribution in [2.24, 2.45) is 52.8 Å². The van der Waals surface area contributed by atoms with Crippen LogP contribution in [0.15, 0.2) is 29.2 Å². The standard InChI is InChI=1S/C34H54O3S/c1-7-8-9-10-24(3)27-19-21-33(5)31(27)18-16-30-29-20-22-34(6,25(4)28(29)15-17-32(30)33)37-38(35,36)26-13-11-23(2)12-14-26/h11-14,24-25,27-32H,7-10,15-22H2,1-6H3/t24-,25+,27+,28-,29+,30+,31-,32+,33+,34+/m1/s1. The summed E-state index contributed by atoms with van der Waals surface area (Å²) < 4.78 is 32.7. The van der Waals surface area contributed by atoms with Crippen molar-refractivity contribution in [3.63, 3.8) is 0 Å². The van der Waals surface area contributed by atoms with Crippen LogP contribution in [0, 0.1) is 59.7 Å². The number of benzene rings is 1. The number of hydrogen-bond donors (Lipinski definition) is 0. The van der Waals surface area contributed by atoms with Crippen molar-refractivity contribution in [2.45, 2.75) is 129 Å². The number of rotatable bonds is 8. The van der Waals surface area contributed by atoms with Crippen molar-refractivity contribution in [2.75, 3.05) is 0 Å². The predicted octanol–water partition coefficient (Wildman–Crippen LogP) is 9.19. The van der Waals surface area contributed by atoms with Crippen LogP contribution in [0.25, 0.3) is 0 Å². The lowest BCUT2D eigenvalue weighted by Crippen LogP contribution is -2.55.